The van der Waals surface area contributed by atoms with Crippen molar-refractivity contribution in [3.63, 3.8) is 0 Å². The molecule has 5 rings (SSSR count). The third-order valence-corrected chi connectivity index (χ3v) is 9.61. The SMILES string of the molecule is CCCCN1C(=O)[C@@H](C(O)C2CCCC2)NC(=O)C12CCN(Cc1ccc(Oc3ccc(C(=O)NC)cc3OC)cc1)CC2. The van der Waals surface area contributed by atoms with Crippen LogP contribution < -0.4 is 20.1 Å². The number of aliphatic hydroxyl groups is 1. The van der Waals surface area contributed by atoms with E-state index in [0.29, 0.717) is 61.8 Å². The maximum absolute atomic E-state index is 13.8. The molecule has 1 saturated carbocycles. The molecule has 2 heterocycles. The third-order valence-electron chi connectivity index (χ3n) is 9.61. The zero-order valence-corrected chi connectivity index (χ0v) is 26.1. The number of benzene rings is 2. The summed E-state index contributed by atoms with van der Waals surface area (Å²) in [5, 5.41) is 16.6. The Bertz CT molecular complexity index is 1320. The van der Waals surface area contributed by atoms with Gasteiger partial charge in [0.2, 0.25) is 11.8 Å². The average molecular weight is 607 g/mol. The number of unbranched alkanes of at least 4 members (excludes halogenated alkanes) is 1. The van der Waals surface area contributed by atoms with Crippen LogP contribution in [0.15, 0.2) is 42.5 Å². The Balaban J connectivity index is 1.21. The van der Waals surface area contributed by atoms with E-state index in [1.165, 1.54) is 7.11 Å². The summed E-state index contributed by atoms with van der Waals surface area (Å²) >= 11 is 0. The first-order valence-corrected chi connectivity index (χ1v) is 16.0. The van der Waals surface area contributed by atoms with Crippen LogP contribution in [0.3, 0.4) is 0 Å². The Hall–Kier alpha value is -3.63. The van der Waals surface area contributed by atoms with E-state index in [9.17, 15) is 19.5 Å². The molecule has 0 radical (unpaired) electrons. The van der Waals surface area contributed by atoms with Crippen LogP contribution in [-0.2, 0) is 16.1 Å². The largest absolute Gasteiger partial charge is 0.493 e. The Morgan fingerprint density at radius 1 is 1.09 bits per heavy atom. The molecule has 2 saturated heterocycles. The van der Waals surface area contributed by atoms with Crippen LogP contribution in [0.2, 0.25) is 0 Å². The number of methoxy groups -OCH3 is 1. The molecule has 2 aromatic rings. The van der Waals surface area contributed by atoms with Crippen molar-refractivity contribution in [2.75, 3.05) is 33.8 Å². The lowest BCUT2D eigenvalue weighted by atomic mass is 9.80. The zero-order valence-electron chi connectivity index (χ0n) is 26.1. The summed E-state index contributed by atoms with van der Waals surface area (Å²) in [5.74, 6) is 1.26. The van der Waals surface area contributed by atoms with Crippen LogP contribution in [0, 0.1) is 5.92 Å². The minimum atomic E-state index is -0.862. The number of piperidine rings is 1. The lowest BCUT2D eigenvalue weighted by Gasteiger charge is -2.52. The maximum atomic E-state index is 13.8. The standard InChI is InChI=1S/C34H46N4O6/c1-4-5-18-38-32(41)29(30(39)24-8-6-7-9-24)36-33(42)34(38)16-19-37(20-17-34)22-23-10-13-26(14-11-23)44-27-15-12-25(31(40)35-2)21-28(27)43-3/h10-15,21,24,29-30,39H,4-9,16-20,22H2,1-3H3,(H,35,40)(H,36,42)/t29-,30?/m1/s1. The molecular formula is C34H46N4O6. The molecule has 1 aliphatic carbocycles. The molecule has 2 aliphatic heterocycles. The molecular weight excluding hydrogens is 560 g/mol. The monoisotopic (exact) mass is 606 g/mol. The molecule has 2 aromatic carbocycles. The molecule has 3 amide bonds. The summed E-state index contributed by atoms with van der Waals surface area (Å²) < 4.78 is 11.5. The van der Waals surface area contributed by atoms with Gasteiger partial charge in [-0.3, -0.25) is 19.3 Å². The number of likely N-dealkylation sites (tertiary alicyclic amines) is 1. The molecule has 3 aliphatic rings. The Kier molecular flexibility index (Phi) is 10.1. The maximum Gasteiger partial charge on any atom is 0.251 e. The van der Waals surface area contributed by atoms with E-state index in [-0.39, 0.29) is 23.6 Å². The number of nitrogens with zero attached hydrogens (tertiary/aromatic N) is 2. The Morgan fingerprint density at radius 3 is 2.43 bits per heavy atom. The normalized spacial score (nSPS) is 21.3. The molecule has 1 unspecified atom stereocenters. The number of amides is 3. The fourth-order valence-corrected chi connectivity index (χ4v) is 6.95. The topological polar surface area (TPSA) is 120 Å². The second-order valence-corrected chi connectivity index (χ2v) is 12.3. The highest BCUT2D eigenvalue weighted by molar-refractivity contribution is 6.00. The summed E-state index contributed by atoms with van der Waals surface area (Å²) in [6.07, 6.45) is 5.99. The molecule has 0 bridgehead atoms. The van der Waals surface area contributed by atoms with Crippen molar-refractivity contribution < 1.29 is 29.0 Å². The van der Waals surface area contributed by atoms with Crippen molar-refractivity contribution in [3.05, 3.63) is 53.6 Å². The van der Waals surface area contributed by atoms with Crippen LogP contribution in [0.1, 0.15) is 74.2 Å². The number of aliphatic hydroxyl groups excluding tert-OH is 1. The Labute approximate surface area is 260 Å². The van der Waals surface area contributed by atoms with Crippen LogP contribution in [-0.4, -0.2) is 84.1 Å². The highest BCUT2D eigenvalue weighted by Gasteiger charge is 2.55. The second-order valence-electron chi connectivity index (χ2n) is 12.3. The van der Waals surface area contributed by atoms with Gasteiger partial charge < -0.3 is 30.1 Å². The van der Waals surface area contributed by atoms with Crippen molar-refractivity contribution >= 4 is 17.7 Å². The van der Waals surface area contributed by atoms with Crippen molar-refractivity contribution in [2.24, 2.45) is 5.92 Å². The first-order chi connectivity index (χ1) is 21.3. The zero-order chi connectivity index (χ0) is 31.3. The van der Waals surface area contributed by atoms with Gasteiger partial charge in [0.05, 0.1) is 13.2 Å². The average Bonchev–Trinajstić information content (AvgIpc) is 3.59. The third kappa shape index (κ3) is 6.56. The predicted molar refractivity (Wildman–Crippen MR) is 167 cm³/mol. The van der Waals surface area contributed by atoms with E-state index in [0.717, 1.165) is 44.1 Å². The van der Waals surface area contributed by atoms with Gasteiger partial charge >= 0.3 is 0 Å². The van der Waals surface area contributed by atoms with Gasteiger partial charge in [-0.2, -0.15) is 0 Å². The van der Waals surface area contributed by atoms with Crippen molar-refractivity contribution in [1.82, 2.24) is 20.4 Å². The lowest BCUT2D eigenvalue weighted by Crippen LogP contribution is -2.75. The van der Waals surface area contributed by atoms with Gasteiger partial charge in [-0.1, -0.05) is 38.3 Å². The highest BCUT2D eigenvalue weighted by atomic mass is 16.5. The van der Waals surface area contributed by atoms with Crippen molar-refractivity contribution in [3.8, 4) is 17.2 Å². The summed E-state index contributed by atoms with van der Waals surface area (Å²) in [7, 11) is 3.12. The van der Waals surface area contributed by atoms with Gasteiger partial charge in [-0.15, -0.1) is 0 Å². The fraction of sp³-hybridized carbons (Fsp3) is 0.559. The molecule has 238 valence electrons. The summed E-state index contributed by atoms with van der Waals surface area (Å²) in [4.78, 5) is 43.6. The van der Waals surface area contributed by atoms with Gasteiger partial charge in [-0.25, -0.2) is 0 Å². The van der Waals surface area contributed by atoms with E-state index in [4.69, 9.17) is 9.47 Å². The lowest BCUT2D eigenvalue weighted by molar-refractivity contribution is -0.165. The van der Waals surface area contributed by atoms with E-state index >= 15 is 0 Å². The van der Waals surface area contributed by atoms with Gasteiger partial charge in [-0.05, 0) is 73.9 Å². The summed E-state index contributed by atoms with van der Waals surface area (Å²) in [5.41, 5.74) is 0.737. The fourth-order valence-electron chi connectivity index (χ4n) is 6.95. The first-order valence-electron chi connectivity index (χ1n) is 16.0. The first kappa shape index (κ1) is 31.8. The molecule has 2 atom stereocenters. The molecule has 44 heavy (non-hydrogen) atoms. The number of hydrogen-bond donors (Lipinski definition) is 3. The Morgan fingerprint density at radius 2 is 1.80 bits per heavy atom. The van der Waals surface area contributed by atoms with Crippen LogP contribution >= 0.6 is 0 Å². The number of carbonyl (C=O) groups is 3. The van der Waals surface area contributed by atoms with Gasteiger partial charge in [0.25, 0.3) is 5.91 Å². The minimum Gasteiger partial charge on any atom is -0.493 e. The van der Waals surface area contributed by atoms with Crippen LogP contribution in [0.5, 0.6) is 17.2 Å². The number of rotatable bonds is 11. The smallest absolute Gasteiger partial charge is 0.251 e. The van der Waals surface area contributed by atoms with Crippen molar-refractivity contribution in [1.29, 1.82) is 0 Å². The van der Waals surface area contributed by atoms with Gasteiger partial charge in [0.1, 0.15) is 17.3 Å². The van der Waals surface area contributed by atoms with Crippen LogP contribution in [0.4, 0.5) is 0 Å². The minimum absolute atomic E-state index is 0.0709. The van der Waals surface area contributed by atoms with Gasteiger partial charge in [0, 0.05) is 38.8 Å². The quantitative estimate of drug-likeness (QED) is 0.355. The van der Waals surface area contributed by atoms with Crippen LogP contribution in [0.25, 0.3) is 0 Å². The number of piperazine rings is 1. The highest BCUT2D eigenvalue weighted by Crippen LogP contribution is 2.37. The van der Waals surface area contributed by atoms with E-state index in [1.807, 2.05) is 29.2 Å². The number of carbonyl (C=O) groups excluding carboxylic acids is 3. The molecule has 3 fully saturated rings. The van der Waals surface area contributed by atoms with E-state index in [1.54, 1.807) is 25.2 Å². The molecule has 3 N–H and O–H groups in total. The number of ether oxygens (including phenoxy) is 2. The summed E-state index contributed by atoms with van der Waals surface area (Å²) in [6.45, 7) is 4.72. The molecule has 1 spiro atoms. The predicted octanol–water partition coefficient (Wildman–Crippen LogP) is 3.86. The number of nitrogens with one attached hydrogen (secondary N) is 2. The van der Waals surface area contributed by atoms with Crippen molar-refractivity contribution in [2.45, 2.75) is 82.5 Å². The second kappa shape index (κ2) is 14.0. The van der Waals surface area contributed by atoms with E-state index < -0.39 is 17.7 Å². The summed E-state index contributed by atoms with van der Waals surface area (Å²) in [6, 6.07) is 12.1. The number of hydrogen-bond acceptors (Lipinski definition) is 7. The molecule has 10 heteroatoms. The van der Waals surface area contributed by atoms with Gasteiger partial charge in [0.15, 0.2) is 11.5 Å². The molecule has 0 aromatic heterocycles. The molecule has 10 nitrogen and oxygen atoms in total. The van der Waals surface area contributed by atoms with E-state index in [2.05, 4.69) is 22.5 Å².